The van der Waals surface area contributed by atoms with E-state index in [-0.39, 0.29) is 0 Å². The van der Waals surface area contributed by atoms with Crippen LogP contribution in [0.3, 0.4) is 0 Å². The minimum absolute atomic E-state index is 0.756. The molecule has 2 rings (SSSR count). The average Bonchev–Trinajstić information content (AvgIpc) is 2.86. The topological polar surface area (TPSA) is 18.5 Å². The lowest BCUT2D eigenvalue weighted by molar-refractivity contribution is 0.144. The summed E-state index contributed by atoms with van der Waals surface area (Å²) in [4.78, 5) is 5.10. The smallest absolute Gasteiger partial charge is 0.0108 e. The third-order valence-electron chi connectivity index (χ3n) is 5.74. The summed E-state index contributed by atoms with van der Waals surface area (Å²) in [5, 5.41) is 3.75. The van der Waals surface area contributed by atoms with E-state index in [4.69, 9.17) is 0 Å². The van der Waals surface area contributed by atoms with Crippen molar-refractivity contribution < 1.29 is 0 Å². The van der Waals surface area contributed by atoms with Crippen molar-refractivity contribution >= 4 is 0 Å². The molecule has 0 aromatic heterocycles. The number of nitrogens with zero attached hydrogens (tertiary/aromatic N) is 2. The van der Waals surface area contributed by atoms with Crippen LogP contribution < -0.4 is 5.32 Å². The molecule has 0 spiro atoms. The van der Waals surface area contributed by atoms with Crippen LogP contribution in [0, 0.1) is 17.8 Å². The van der Waals surface area contributed by atoms with Gasteiger partial charge in [-0.05, 0) is 70.6 Å². The Balaban J connectivity index is 1.81. The van der Waals surface area contributed by atoms with Crippen LogP contribution in [-0.2, 0) is 0 Å². The van der Waals surface area contributed by atoms with Gasteiger partial charge < -0.3 is 15.1 Å². The van der Waals surface area contributed by atoms with Gasteiger partial charge in [-0.25, -0.2) is 0 Å². The number of likely N-dealkylation sites (tertiary alicyclic amines) is 1. The molecule has 124 valence electrons. The zero-order valence-corrected chi connectivity index (χ0v) is 14.8. The van der Waals surface area contributed by atoms with Gasteiger partial charge in [0.1, 0.15) is 0 Å². The molecule has 3 heteroatoms. The van der Waals surface area contributed by atoms with E-state index in [9.17, 15) is 0 Å². The summed E-state index contributed by atoms with van der Waals surface area (Å²) in [5.41, 5.74) is 0. The van der Waals surface area contributed by atoms with Gasteiger partial charge in [0.15, 0.2) is 0 Å². The second-order valence-corrected chi connectivity index (χ2v) is 7.65. The van der Waals surface area contributed by atoms with E-state index in [1.807, 2.05) is 0 Å². The predicted octanol–water partition coefficient (Wildman–Crippen LogP) is 2.67. The predicted molar refractivity (Wildman–Crippen MR) is 91.7 cm³/mol. The molecule has 1 saturated carbocycles. The van der Waals surface area contributed by atoms with Gasteiger partial charge in [0, 0.05) is 25.7 Å². The molecule has 0 amide bonds. The van der Waals surface area contributed by atoms with E-state index in [1.54, 1.807) is 0 Å². The van der Waals surface area contributed by atoms with Crippen LogP contribution in [0.4, 0.5) is 0 Å². The van der Waals surface area contributed by atoms with Crippen molar-refractivity contribution in [1.29, 1.82) is 0 Å². The summed E-state index contributed by atoms with van der Waals surface area (Å²) in [6, 6.07) is 0.756. The highest BCUT2D eigenvalue weighted by molar-refractivity contribution is 4.86. The molecule has 0 aromatic rings. The maximum Gasteiger partial charge on any atom is 0.0108 e. The molecule has 0 bridgehead atoms. The summed E-state index contributed by atoms with van der Waals surface area (Å²) >= 11 is 0. The van der Waals surface area contributed by atoms with Crippen LogP contribution in [0.1, 0.15) is 46.0 Å². The van der Waals surface area contributed by atoms with Crippen LogP contribution in [0.25, 0.3) is 0 Å². The molecule has 4 unspecified atom stereocenters. The number of hydrogen-bond acceptors (Lipinski definition) is 3. The number of rotatable bonds is 7. The van der Waals surface area contributed by atoms with Gasteiger partial charge in [0.25, 0.3) is 0 Å². The fourth-order valence-electron chi connectivity index (χ4n) is 4.56. The summed E-state index contributed by atoms with van der Waals surface area (Å²) in [6.07, 6.45) is 7.01. The van der Waals surface area contributed by atoms with Gasteiger partial charge in [0.2, 0.25) is 0 Å². The molecule has 1 heterocycles. The molecule has 21 heavy (non-hydrogen) atoms. The van der Waals surface area contributed by atoms with E-state index in [2.05, 4.69) is 43.1 Å². The molecule has 2 aliphatic rings. The second kappa shape index (κ2) is 8.50. The van der Waals surface area contributed by atoms with Crippen molar-refractivity contribution in [3.63, 3.8) is 0 Å². The number of hydrogen-bond donors (Lipinski definition) is 1. The summed E-state index contributed by atoms with van der Waals surface area (Å²) in [7, 11) is 4.60. The first kappa shape index (κ1) is 17.2. The molecule has 4 atom stereocenters. The van der Waals surface area contributed by atoms with Gasteiger partial charge >= 0.3 is 0 Å². The van der Waals surface area contributed by atoms with E-state index in [0.717, 1.165) is 30.3 Å². The maximum atomic E-state index is 3.75. The van der Waals surface area contributed by atoms with Crippen molar-refractivity contribution in [2.45, 2.75) is 52.0 Å². The Kier molecular flexibility index (Phi) is 6.97. The fraction of sp³-hybridized carbons (Fsp3) is 1.00. The minimum atomic E-state index is 0.756. The van der Waals surface area contributed by atoms with Gasteiger partial charge in [-0.1, -0.05) is 20.3 Å². The summed E-state index contributed by atoms with van der Waals surface area (Å²) in [6.45, 7) is 10.9. The highest BCUT2D eigenvalue weighted by Crippen LogP contribution is 2.32. The normalized spacial score (nSPS) is 34.7. The molecule has 1 aliphatic carbocycles. The van der Waals surface area contributed by atoms with Crippen LogP contribution in [0.5, 0.6) is 0 Å². The molecule has 1 saturated heterocycles. The van der Waals surface area contributed by atoms with Crippen molar-refractivity contribution in [3.8, 4) is 0 Å². The summed E-state index contributed by atoms with van der Waals surface area (Å²) < 4.78 is 0. The molecular weight excluding hydrogens is 258 g/mol. The first-order chi connectivity index (χ1) is 10.1. The Labute approximate surface area is 132 Å². The largest absolute Gasteiger partial charge is 0.314 e. The third-order valence-corrected chi connectivity index (χ3v) is 5.74. The van der Waals surface area contributed by atoms with Gasteiger partial charge in [-0.3, -0.25) is 0 Å². The molecular formula is C18H37N3. The standard InChI is InChI=1S/C18H37N3/c1-5-15-7-8-18(19-6-2)17(11-15)14-21(4)13-16-9-10-20(3)12-16/h15-19H,5-14H2,1-4H3. The van der Waals surface area contributed by atoms with Gasteiger partial charge in [-0.2, -0.15) is 0 Å². The molecule has 2 fully saturated rings. The maximum absolute atomic E-state index is 3.75. The SMILES string of the molecule is CCNC1CCC(CC)CC1CN(C)CC1CCN(C)C1. The monoisotopic (exact) mass is 295 g/mol. The van der Waals surface area contributed by atoms with E-state index in [1.165, 1.54) is 58.3 Å². The zero-order valence-electron chi connectivity index (χ0n) is 14.8. The second-order valence-electron chi connectivity index (χ2n) is 7.65. The molecule has 0 radical (unpaired) electrons. The minimum Gasteiger partial charge on any atom is -0.314 e. The quantitative estimate of drug-likeness (QED) is 0.779. The van der Waals surface area contributed by atoms with Crippen LogP contribution in [-0.4, -0.2) is 62.7 Å². The average molecular weight is 296 g/mol. The van der Waals surface area contributed by atoms with E-state index >= 15 is 0 Å². The van der Waals surface area contributed by atoms with Crippen molar-refractivity contribution in [2.24, 2.45) is 17.8 Å². The molecule has 1 aliphatic heterocycles. The Bertz CT molecular complexity index is 294. The Morgan fingerprint density at radius 2 is 1.90 bits per heavy atom. The Morgan fingerprint density at radius 1 is 1.10 bits per heavy atom. The first-order valence-corrected chi connectivity index (χ1v) is 9.22. The molecule has 3 nitrogen and oxygen atoms in total. The van der Waals surface area contributed by atoms with Gasteiger partial charge in [0.05, 0.1) is 0 Å². The fourth-order valence-corrected chi connectivity index (χ4v) is 4.56. The van der Waals surface area contributed by atoms with Crippen molar-refractivity contribution in [1.82, 2.24) is 15.1 Å². The van der Waals surface area contributed by atoms with Crippen LogP contribution in [0.15, 0.2) is 0 Å². The van der Waals surface area contributed by atoms with E-state index < -0.39 is 0 Å². The molecule has 1 N–H and O–H groups in total. The molecule has 0 aromatic carbocycles. The number of nitrogens with one attached hydrogen (secondary N) is 1. The van der Waals surface area contributed by atoms with E-state index in [0.29, 0.717) is 0 Å². The van der Waals surface area contributed by atoms with Gasteiger partial charge in [-0.15, -0.1) is 0 Å². The Morgan fingerprint density at radius 3 is 2.52 bits per heavy atom. The van der Waals surface area contributed by atoms with Crippen molar-refractivity contribution in [2.75, 3.05) is 46.8 Å². The Hall–Kier alpha value is -0.120. The summed E-state index contributed by atoms with van der Waals surface area (Å²) in [5.74, 6) is 2.71. The zero-order chi connectivity index (χ0) is 15.2. The van der Waals surface area contributed by atoms with Crippen molar-refractivity contribution in [3.05, 3.63) is 0 Å². The van der Waals surface area contributed by atoms with Crippen LogP contribution >= 0.6 is 0 Å². The highest BCUT2D eigenvalue weighted by atomic mass is 15.2. The lowest BCUT2D eigenvalue weighted by atomic mass is 9.76. The first-order valence-electron chi connectivity index (χ1n) is 9.22. The third kappa shape index (κ3) is 5.22. The highest BCUT2D eigenvalue weighted by Gasteiger charge is 2.30. The lowest BCUT2D eigenvalue weighted by Crippen LogP contribution is -2.45. The van der Waals surface area contributed by atoms with Crippen LogP contribution in [0.2, 0.25) is 0 Å². The lowest BCUT2D eigenvalue weighted by Gasteiger charge is -2.39.